The molecule has 0 bridgehead atoms. The average Bonchev–Trinajstić information content (AvgIpc) is 3.10. The number of hydrogen-bond acceptors (Lipinski definition) is 7. The lowest BCUT2D eigenvalue weighted by Crippen LogP contribution is -2.37. The molecule has 4 aromatic carbocycles. The second kappa shape index (κ2) is 21.2. The van der Waals surface area contributed by atoms with E-state index in [0.29, 0.717) is 30.4 Å². The molecule has 0 fully saturated rings. The Labute approximate surface area is 298 Å². The van der Waals surface area contributed by atoms with Gasteiger partial charge in [0.15, 0.2) is 23.3 Å². The van der Waals surface area contributed by atoms with Crippen molar-refractivity contribution in [3.05, 3.63) is 131 Å². The van der Waals surface area contributed by atoms with E-state index in [1.807, 2.05) is 6.26 Å². The van der Waals surface area contributed by atoms with Gasteiger partial charge in [-0.2, -0.15) is 11.8 Å². The lowest BCUT2D eigenvalue weighted by atomic mass is 10.0. The Kier molecular flexibility index (Phi) is 18.1. The average molecular weight is 781 g/mol. The molecule has 0 aliphatic carbocycles. The Hall–Kier alpha value is -3.45. The lowest BCUT2D eigenvalue weighted by Gasteiger charge is -2.19. The lowest BCUT2D eigenvalue weighted by molar-refractivity contribution is 0.271. The number of aliphatic hydroxyl groups excluding tert-OH is 2. The van der Waals surface area contributed by atoms with Gasteiger partial charge >= 0.3 is 0 Å². The third-order valence-electron chi connectivity index (χ3n) is 7.01. The van der Waals surface area contributed by atoms with Crippen LogP contribution >= 0.6 is 11.8 Å². The van der Waals surface area contributed by atoms with Gasteiger partial charge in [-0.05, 0) is 85.2 Å². The second-order valence-corrected chi connectivity index (χ2v) is 15.1. The molecule has 0 amide bonds. The van der Waals surface area contributed by atoms with E-state index in [1.165, 1.54) is 36.0 Å². The number of aliphatic hydroxyl groups is 2. The molecule has 0 heterocycles. The Balaban J connectivity index is 0.000000337. The highest BCUT2D eigenvalue weighted by Crippen LogP contribution is 2.20. The number of benzene rings is 4. The van der Waals surface area contributed by atoms with Crippen LogP contribution in [0.4, 0.5) is 26.3 Å². The van der Waals surface area contributed by atoms with Crippen molar-refractivity contribution in [1.82, 2.24) is 9.44 Å². The molecule has 0 radical (unpaired) electrons. The molecule has 0 spiro atoms. The first-order chi connectivity index (χ1) is 24.2. The van der Waals surface area contributed by atoms with Crippen molar-refractivity contribution in [2.45, 2.75) is 47.6 Å². The quantitative estimate of drug-likeness (QED) is 0.0896. The van der Waals surface area contributed by atoms with Crippen molar-refractivity contribution < 1.29 is 53.4 Å². The van der Waals surface area contributed by atoms with Crippen molar-refractivity contribution >= 4 is 31.8 Å². The van der Waals surface area contributed by atoms with Crippen LogP contribution in [0.25, 0.3) is 0 Å². The SMILES string of the molecule is CO.CSCC[C@@H](Cc1cc(F)c(F)cc1F)NS(=O)(=O)c1ccccc1.O=S(=O)(N[C@@H](CCO)Cc1cc(F)c(F)cc1F)c1ccccc1. The number of hydrogen-bond donors (Lipinski definition) is 4. The molecule has 4 N–H and O–H groups in total. The summed E-state index contributed by atoms with van der Waals surface area (Å²) in [5.74, 6) is -6.21. The molecule has 0 saturated carbocycles. The summed E-state index contributed by atoms with van der Waals surface area (Å²) >= 11 is 1.51. The molecule has 0 saturated heterocycles. The van der Waals surface area contributed by atoms with Crippen LogP contribution in [0.2, 0.25) is 0 Å². The normalized spacial score (nSPS) is 12.6. The minimum Gasteiger partial charge on any atom is -0.400 e. The summed E-state index contributed by atoms with van der Waals surface area (Å²) in [6, 6.07) is 16.1. The van der Waals surface area contributed by atoms with Gasteiger partial charge in [0.2, 0.25) is 20.0 Å². The first kappa shape index (κ1) is 43.7. The first-order valence-electron chi connectivity index (χ1n) is 15.1. The van der Waals surface area contributed by atoms with Crippen LogP contribution in [0.3, 0.4) is 0 Å². The van der Waals surface area contributed by atoms with Gasteiger partial charge in [0, 0.05) is 37.9 Å². The van der Waals surface area contributed by atoms with Crippen LogP contribution in [0.5, 0.6) is 0 Å². The van der Waals surface area contributed by atoms with E-state index in [0.717, 1.165) is 13.2 Å². The fourth-order valence-electron chi connectivity index (χ4n) is 4.57. The Morgan fingerprint density at radius 1 is 0.588 bits per heavy atom. The first-order valence-corrected chi connectivity index (χ1v) is 19.5. The Morgan fingerprint density at radius 3 is 1.29 bits per heavy atom. The van der Waals surface area contributed by atoms with Crippen LogP contribution in [0, 0.1) is 34.9 Å². The third kappa shape index (κ3) is 13.9. The zero-order chi connectivity index (χ0) is 38.2. The maximum atomic E-state index is 13.9. The summed E-state index contributed by atoms with van der Waals surface area (Å²) in [5.41, 5.74) is -0.246. The van der Waals surface area contributed by atoms with Crippen molar-refractivity contribution in [3.63, 3.8) is 0 Å². The van der Waals surface area contributed by atoms with E-state index in [1.54, 1.807) is 36.4 Å². The van der Waals surface area contributed by atoms with Gasteiger partial charge in [0.05, 0.1) is 9.79 Å². The smallest absolute Gasteiger partial charge is 0.240 e. The van der Waals surface area contributed by atoms with E-state index in [9.17, 15) is 43.2 Å². The summed E-state index contributed by atoms with van der Waals surface area (Å²) in [6.07, 6.45) is 1.97. The van der Waals surface area contributed by atoms with Crippen LogP contribution in [0.15, 0.2) is 94.7 Å². The van der Waals surface area contributed by atoms with Crippen molar-refractivity contribution in [2.24, 2.45) is 0 Å². The van der Waals surface area contributed by atoms with E-state index in [4.69, 9.17) is 10.2 Å². The highest BCUT2D eigenvalue weighted by atomic mass is 32.2. The molecule has 0 aliphatic heterocycles. The number of thioether (sulfide) groups is 1. The van der Waals surface area contributed by atoms with Crippen LogP contribution in [0.1, 0.15) is 24.0 Å². The van der Waals surface area contributed by atoms with E-state index >= 15 is 0 Å². The largest absolute Gasteiger partial charge is 0.400 e. The monoisotopic (exact) mass is 780 g/mol. The molecule has 17 heteroatoms. The molecule has 4 aromatic rings. The van der Waals surface area contributed by atoms with Crippen molar-refractivity contribution in [3.8, 4) is 0 Å². The topological polar surface area (TPSA) is 133 Å². The molecule has 0 unspecified atom stereocenters. The third-order valence-corrected chi connectivity index (χ3v) is 10.7. The van der Waals surface area contributed by atoms with Gasteiger partial charge in [-0.25, -0.2) is 52.6 Å². The summed E-state index contributed by atoms with van der Waals surface area (Å²) in [6.45, 7) is -0.354. The highest BCUT2D eigenvalue weighted by molar-refractivity contribution is 7.98. The van der Waals surface area contributed by atoms with Gasteiger partial charge in [0.1, 0.15) is 11.6 Å². The maximum Gasteiger partial charge on any atom is 0.240 e. The molecular formula is C34H38F6N2O6S3. The van der Waals surface area contributed by atoms with E-state index in [2.05, 4.69) is 9.44 Å². The van der Waals surface area contributed by atoms with Gasteiger partial charge in [-0.3, -0.25) is 0 Å². The summed E-state index contributed by atoms with van der Waals surface area (Å²) < 4.78 is 135. The molecule has 51 heavy (non-hydrogen) atoms. The molecule has 8 nitrogen and oxygen atoms in total. The zero-order valence-electron chi connectivity index (χ0n) is 27.5. The van der Waals surface area contributed by atoms with Crippen LogP contribution in [-0.2, 0) is 32.9 Å². The van der Waals surface area contributed by atoms with E-state index in [-0.39, 0.29) is 46.8 Å². The van der Waals surface area contributed by atoms with Gasteiger partial charge < -0.3 is 10.2 Å². The van der Waals surface area contributed by atoms with Crippen LogP contribution in [-0.4, -0.2) is 64.9 Å². The predicted octanol–water partition coefficient (Wildman–Crippen LogP) is 5.73. The standard InChI is InChI=1S/C17H18F3NO2S2.C16H16F3NO3S.CH4O/c1-24-8-7-13(9-12-10-16(19)17(20)11-15(12)18)21-25(22,23)14-5-3-2-4-6-14;17-14-10-16(19)15(18)9-11(14)8-12(6-7-21)20-24(22,23)13-4-2-1-3-5-13;1-2/h2-6,10-11,13,21H,7-9H2,1H3;1-5,9-10,12,20-21H,6-8H2;2H,1H3/t13-;12-;/m00./s1. The molecule has 4 rings (SSSR count). The van der Waals surface area contributed by atoms with Gasteiger partial charge in [-0.15, -0.1) is 0 Å². The number of halogens is 6. The van der Waals surface area contributed by atoms with Crippen molar-refractivity contribution in [2.75, 3.05) is 25.7 Å². The Bertz CT molecular complexity index is 1890. The highest BCUT2D eigenvalue weighted by Gasteiger charge is 2.23. The fraction of sp³-hybridized carbons (Fsp3) is 0.294. The molecule has 0 aliphatic rings. The number of sulfonamides is 2. The molecule has 280 valence electrons. The van der Waals surface area contributed by atoms with Crippen LogP contribution < -0.4 is 9.44 Å². The summed E-state index contributed by atoms with van der Waals surface area (Å²) in [5, 5.41) is 16.1. The number of nitrogens with one attached hydrogen (secondary N) is 2. The maximum absolute atomic E-state index is 13.9. The molecule has 2 atom stereocenters. The summed E-state index contributed by atoms with van der Waals surface area (Å²) in [7, 11) is -6.68. The minimum atomic E-state index is -3.88. The fourth-order valence-corrected chi connectivity index (χ4v) is 7.67. The minimum absolute atomic E-state index is 0.00943. The Morgan fingerprint density at radius 2 is 0.941 bits per heavy atom. The summed E-state index contributed by atoms with van der Waals surface area (Å²) in [4.78, 5) is 0.105. The van der Waals surface area contributed by atoms with E-state index < -0.39 is 67.0 Å². The second-order valence-electron chi connectivity index (χ2n) is 10.7. The molecular weight excluding hydrogens is 743 g/mol. The molecule has 0 aromatic heterocycles. The number of rotatable bonds is 15. The predicted molar refractivity (Wildman–Crippen MR) is 184 cm³/mol. The van der Waals surface area contributed by atoms with Gasteiger partial charge in [0.25, 0.3) is 0 Å². The van der Waals surface area contributed by atoms with Crippen molar-refractivity contribution in [1.29, 1.82) is 0 Å². The van der Waals surface area contributed by atoms with Gasteiger partial charge in [-0.1, -0.05) is 36.4 Å². The zero-order valence-corrected chi connectivity index (χ0v) is 29.9.